The Morgan fingerprint density at radius 3 is 2.09 bits per heavy atom. The van der Waals surface area contributed by atoms with Gasteiger partial charge in [-0.05, 0) is 17.7 Å². The smallest absolute Gasteiger partial charge is 0.349 e. The zero-order chi connectivity index (χ0) is 16.7. The van der Waals surface area contributed by atoms with Gasteiger partial charge >= 0.3 is 6.18 Å². The number of halogens is 3. The van der Waals surface area contributed by atoms with E-state index in [-0.39, 0.29) is 5.03 Å². The highest BCUT2D eigenvalue weighted by Crippen LogP contribution is 2.34. The minimum Gasteiger partial charge on any atom is -0.349 e. The van der Waals surface area contributed by atoms with Crippen LogP contribution in [0.2, 0.25) is 0 Å². The summed E-state index contributed by atoms with van der Waals surface area (Å²) in [6.45, 7) is 0. The van der Waals surface area contributed by atoms with Crippen molar-refractivity contribution in [1.82, 2.24) is 0 Å². The molecule has 0 fully saturated rings. The van der Waals surface area contributed by atoms with E-state index in [1.165, 1.54) is 6.07 Å². The molecule has 118 valence electrons. The molecule has 0 aliphatic rings. The van der Waals surface area contributed by atoms with Crippen LogP contribution in [0.3, 0.4) is 0 Å². The lowest BCUT2D eigenvalue weighted by atomic mass is 10.2. The Kier molecular flexibility index (Phi) is 5.72. The fourth-order valence-corrected chi connectivity index (χ4v) is 2.80. The van der Waals surface area contributed by atoms with Crippen molar-refractivity contribution in [2.24, 2.45) is 0 Å². The fraction of sp³-hybridized carbons (Fsp3) is 0.118. The number of rotatable bonds is 5. The van der Waals surface area contributed by atoms with Gasteiger partial charge in [0, 0.05) is 11.4 Å². The van der Waals surface area contributed by atoms with Crippen LogP contribution in [0.1, 0.15) is 5.56 Å². The Balaban J connectivity index is 2.28. The zero-order valence-corrected chi connectivity index (χ0v) is 12.8. The number of thioether (sulfide) groups is 1. The predicted molar refractivity (Wildman–Crippen MR) is 86.5 cm³/mol. The molecule has 2 rings (SSSR count). The van der Waals surface area contributed by atoms with E-state index < -0.39 is 11.7 Å². The summed E-state index contributed by atoms with van der Waals surface area (Å²) in [7, 11) is 0. The van der Waals surface area contributed by atoms with Gasteiger partial charge in [-0.2, -0.15) is 18.4 Å². The summed E-state index contributed by atoms with van der Waals surface area (Å²) < 4.78 is 39.2. The summed E-state index contributed by atoms with van der Waals surface area (Å²) in [4.78, 5) is 0. The fourth-order valence-electron chi connectivity index (χ4n) is 1.80. The highest BCUT2D eigenvalue weighted by atomic mass is 32.2. The summed E-state index contributed by atoms with van der Waals surface area (Å²) in [5, 5.41) is 11.4. The molecule has 1 N–H and O–H groups in total. The van der Waals surface area contributed by atoms with E-state index in [0.29, 0.717) is 11.4 Å². The molecule has 0 atom stereocenters. The lowest BCUT2D eigenvalue weighted by Gasteiger charge is -2.15. The maximum atomic E-state index is 13.1. The molecule has 0 bridgehead atoms. The first kappa shape index (κ1) is 17.0. The van der Waals surface area contributed by atoms with E-state index >= 15 is 0 Å². The van der Waals surface area contributed by atoms with Crippen LogP contribution in [0.5, 0.6) is 0 Å². The summed E-state index contributed by atoms with van der Waals surface area (Å²) in [5.41, 5.74) is 0.159. The normalized spacial score (nSPS) is 12.3. The Bertz CT molecular complexity index is 704. The minimum absolute atomic E-state index is 0.199. The van der Waals surface area contributed by atoms with Crippen LogP contribution in [0.4, 0.5) is 18.9 Å². The molecule has 23 heavy (non-hydrogen) atoms. The average Bonchev–Trinajstić information content (AvgIpc) is 2.54. The van der Waals surface area contributed by atoms with E-state index in [1.54, 1.807) is 30.3 Å². The van der Waals surface area contributed by atoms with Crippen molar-refractivity contribution in [2.45, 2.75) is 11.9 Å². The molecular formula is C17H13F3N2S. The highest BCUT2D eigenvalue weighted by Gasteiger charge is 2.37. The van der Waals surface area contributed by atoms with E-state index in [0.717, 1.165) is 17.3 Å². The number of hydrogen-bond acceptors (Lipinski definition) is 3. The van der Waals surface area contributed by atoms with Gasteiger partial charge in [-0.15, -0.1) is 11.8 Å². The number of nitriles is 1. The van der Waals surface area contributed by atoms with Gasteiger partial charge < -0.3 is 5.32 Å². The molecule has 2 aromatic rings. The summed E-state index contributed by atoms with van der Waals surface area (Å²) in [5.74, 6) is 0.331. The number of hydrogen-bond donors (Lipinski definition) is 1. The second-order valence-corrected chi connectivity index (χ2v) is 5.56. The third-order valence-electron chi connectivity index (χ3n) is 2.88. The van der Waals surface area contributed by atoms with E-state index in [2.05, 4.69) is 5.32 Å². The van der Waals surface area contributed by atoms with Crippen LogP contribution in [0.15, 0.2) is 71.3 Å². The predicted octanol–water partition coefficient (Wildman–Crippen LogP) is 5.33. The SMILES string of the molecule is N#C/C(=C(\Nc1ccccc1)SCc1ccccc1)C(F)(F)F. The molecule has 0 amide bonds. The Hall–Kier alpha value is -2.39. The third kappa shape index (κ3) is 5.08. The van der Waals surface area contributed by atoms with Crippen LogP contribution in [-0.2, 0) is 5.75 Å². The maximum Gasteiger partial charge on any atom is 0.428 e. The summed E-state index contributed by atoms with van der Waals surface area (Å²) >= 11 is 0.955. The molecule has 0 radical (unpaired) electrons. The molecule has 2 aromatic carbocycles. The molecule has 2 nitrogen and oxygen atoms in total. The molecule has 0 aromatic heterocycles. The van der Waals surface area contributed by atoms with Gasteiger partial charge in [-0.3, -0.25) is 0 Å². The van der Waals surface area contributed by atoms with Crippen molar-refractivity contribution in [2.75, 3.05) is 5.32 Å². The average molecular weight is 334 g/mol. The lowest BCUT2D eigenvalue weighted by molar-refractivity contribution is -0.0876. The van der Waals surface area contributed by atoms with Crippen LogP contribution < -0.4 is 5.32 Å². The van der Waals surface area contributed by atoms with Crippen LogP contribution in [0.25, 0.3) is 0 Å². The van der Waals surface area contributed by atoms with Crippen molar-refractivity contribution in [3.63, 3.8) is 0 Å². The molecule has 0 saturated carbocycles. The van der Waals surface area contributed by atoms with E-state index in [4.69, 9.17) is 5.26 Å². The van der Waals surface area contributed by atoms with Crippen molar-refractivity contribution in [1.29, 1.82) is 5.26 Å². The number of nitrogens with zero attached hydrogens (tertiary/aromatic N) is 1. The number of benzene rings is 2. The number of alkyl halides is 3. The van der Waals surface area contributed by atoms with Crippen molar-refractivity contribution < 1.29 is 13.2 Å². The first-order chi connectivity index (χ1) is 11.0. The van der Waals surface area contributed by atoms with Gasteiger partial charge in [0.2, 0.25) is 0 Å². The van der Waals surface area contributed by atoms with E-state index in [9.17, 15) is 13.2 Å². The number of allylic oxidation sites excluding steroid dienone is 1. The van der Waals surface area contributed by atoms with Gasteiger partial charge in [0.05, 0.1) is 5.03 Å². The molecule has 6 heteroatoms. The quantitative estimate of drug-likeness (QED) is 0.751. The second-order valence-electron chi connectivity index (χ2n) is 4.58. The van der Waals surface area contributed by atoms with Gasteiger partial charge in [0.1, 0.15) is 6.07 Å². The number of nitrogens with one attached hydrogen (secondary N) is 1. The molecule has 0 heterocycles. The van der Waals surface area contributed by atoms with Gasteiger partial charge in [-0.1, -0.05) is 48.5 Å². The van der Waals surface area contributed by atoms with Crippen molar-refractivity contribution >= 4 is 17.4 Å². The molecular weight excluding hydrogens is 321 g/mol. The molecule has 0 aliphatic carbocycles. The first-order valence-corrected chi connectivity index (χ1v) is 7.69. The Labute approximate surface area is 136 Å². The van der Waals surface area contributed by atoms with Gasteiger partial charge in [0.25, 0.3) is 0 Å². The largest absolute Gasteiger partial charge is 0.428 e. The molecule has 0 saturated heterocycles. The first-order valence-electron chi connectivity index (χ1n) is 6.71. The Morgan fingerprint density at radius 2 is 1.57 bits per heavy atom. The van der Waals surface area contributed by atoms with Crippen LogP contribution in [0, 0.1) is 11.3 Å². The topological polar surface area (TPSA) is 35.8 Å². The maximum absolute atomic E-state index is 13.1. The third-order valence-corrected chi connectivity index (χ3v) is 3.95. The van der Waals surface area contributed by atoms with Crippen molar-refractivity contribution in [3.8, 4) is 6.07 Å². The van der Waals surface area contributed by atoms with Crippen LogP contribution >= 0.6 is 11.8 Å². The monoisotopic (exact) mass is 334 g/mol. The molecule has 0 unspecified atom stereocenters. The Morgan fingerprint density at radius 1 is 1.00 bits per heavy atom. The zero-order valence-electron chi connectivity index (χ0n) is 12.0. The van der Waals surface area contributed by atoms with Gasteiger partial charge in [0.15, 0.2) is 5.57 Å². The summed E-state index contributed by atoms with van der Waals surface area (Å²) in [6.07, 6.45) is -4.70. The second kappa shape index (κ2) is 7.75. The molecule has 0 aliphatic heterocycles. The van der Waals surface area contributed by atoms with Gasteiger partial charge in [-0.25, -0.2) is 0 Å². The highest BCUT2D eigenvalue weighted by molar-refractivity contribution is 8.02. The molecule has 0 spiro atoms. The van der Waals surface area contributed by atoms with Crippen LogP contribution in [-0.4, -0.2) is 6.18 Å². The summed E-state index contributed by atoms with van der Waals surface area (Å²) in [6, 6.07) is 18.9. The minimum atomic E-state index is -4.70. The lowest BCUT2D eigenvalue weighted by Crippen LogP contribution is -2.15. The standard InChI is InChI=1S/C17H13F3N2S/c18-17(19,20)15(11-21)16(22-14-9-5-2-6-10-14)23-12-13-7-3-1-4-8-13/h1-10,22H,12H2/b16-15-. The van der Waals surface area contributed by atoms with E-state index in [1.807, 2.05) is 30.3 Å². The number of anilines is 1. The van der Waals surface area contributed by atoms with Crippen molar-refractivity contribution in [3.05, 3.63) is 76.8 Å². The number of para-hydroxylation sites is 1.